The van der Waals surface area contributed by atoms with Crippen molar-refractivity contribution in [2.45, 2.75) is 19.4 Å². The third kappa shape index (κ3) is 3.65. The van der Waals surface area contributed by atoms with Gasteiger partial charge >= 0.3 is 12.0 Å². The third-order valence-electron chi connectivity index (χ3n) is 3.12. The van der Waals surface area contributed by atoms with Crippen molar-refractivity contribution in [1.82, 2.24) is 10.6 Å². The number of esters is 1. The molecule has 114 valence electrons. The number of nitriles is 1. The Morgan fingerprint density at radius 1 is 1.50 bits per heavy atom. The SMILES string of the molecule is CC1=C(C(=O)OCCC#N)[C@@H](c2cccc(Br)c2)NC(=O)N1. The van der Waals surface area contributed by atoms with Crippen LogP contribution in [0.2, 0.25) is 0 Å². The van der Waals surface area contributed by atoms with Gasteiger partial charge in [-0.15, -0.1) is 0 Å². The number of nitrogens with one attached hydrogen (secondary N) is 2. The summed E-state index contributed by atoms with van der Waals surface area (Å²) >= 11 is 3.37. The number of carbonyl (C=O) groups excluding carboxylic acids is 2. The lowest BCUT2D eigenvalue weighted by Gasteiger charge is -2.28. The van der Waals surface area contributed by atoms with Gasteiger partial charge in [0.25, 0.3) is 0 Å². The molecule has 1 atom stereocenters. The van der Waals surface area contributed by atoms with Crippen molar-refractivity contribution >= 4 is 27.9 Å². The molecule has 0 aliphatic carbocycles. The van der Waals surface area contributed by atoms with Gasteiger partial charge in [-0.25, -0.2) is 9.59 Å². The Hall–Kier alpha value is -2.33. The summed E-state index contributed by atoms with van der Waals surface area (Å²) < 4.78 is 5.93. The molecule has 2 N–H and O–H groups in total. The number of amides is 2. The van der Waals surface area contributed by atoms with Gasteiger partial charge in [0.15, 0.2) is 0 Å². The number of rotatable bonds is 4. The molecule has 7 heteroatoms. The molecule has 0 fully saturated rings. The van der Waals surface area contributed by atoms with Crippen LogP contribution < -0.4 is 10.6 Å². The molecular weight excluding hydrogens is 350 g/mol. The van der Waals surface area contributed by atoms with E-state index in [0.29, 0.717) is 11.3 Å². The van der Waals surface area contributed by atoms with Crippen molar-refractivity contribution in [3.63, 3.8) is 0 Å². The molecule has 0 aromatic heterocycles. The quantitative estimate of drug-likeness (QED) is 0.635. The molecule has 0 bridgehead atoms. The fourth-order valence-electron chi connectivity index (χ4n) is 2.17. The molecular formula is C15H14BrN3O3. The molecule has 0 spiro atoms. The molecule has 1 aliphatic heterocycles. The second-order valence-electron chi connectivity index (χ2n) is 4.67. The molecule has 1 heterocycles. The van der Waals surface area contributed by atoms with Gasteiger partial charge in [0, 0.05) is 10.2 Å². The fraction of sp³-hybridized carbons (Fsp3) is 0.267. The number of ether oxygens (including phenoxy) is 1. The highest BCUT2D eigenvalue weighted by Crippen LogP contribution is 2.29. The van der Waals surface area contributed by atoms with E-state index >= 15 is 0 Å². The van der Waals surface area contributed by atoms with Crippen LogP contribution in [0, 0.1) is 11.3 Å². The molecule has 0 saturated carbocycles. The molecule has 1 aromatic rings. The van der Waals surface area contributed by atoms with Gasteiger partial charge < -0.3 is 15.4 Å². The van der Waals surface area contributed by atoms with E-state index in [1.165, 1.54) is 0 Å². The van der Waals surface area contributed by atoms with Crippen molar-refractivity contribution in [3.8, 4) is 6.07 Å². The summed E-state index contributed by atoms with van der Waals surface area (Å²) in [5.41, 5.74) is 1.53. The number of allylic oxidation sites excluding steroid dienone is 1. The van der Waals surface area contributed by atoms with E-state index in [1.54, 1.807) is 6.92 Å². The third-order valence-corrected chi connectivity index (χ3v) is 3.61. The lowest BCUT2D eigenvalue weighted by atomic mass is 9.96. The van der Waals surface area contributed by atoms with E-state index < -0.39 is 12.0 Å². The Morgan fingerprint density at radius 2 is 2.27 bits per heavy atom. The summed E-state index contributed by atoms with van der Waals surface area (Å²) in [6.45, 7) is 1.66. The molecule has 2 amide bonds. The van der Waals surface area contributed by atoms with E-state index in [2.05, 4.69) is 26.6 Å². The number of hydrogen-bond acceptors (Lipinski definition) is 4. The van der Waals surface area contributed by atoms with Crippen LogP contribution in [0.15, 0.2) is 40.0 Å². The van der Waals surface area contributed by atoms with Crippen molar-refractivity contribution in [2.75, 3.05) is 6.61 Å². The van der Waals surface area contributed by atoms with E-state index in [0.717, 1.165) is 10.0 Å². The van der Waals surface area contributed by atoms with Crippen molar-refractivity contribution in [2.24, 2.45) is 0 Å². The minimum Gasteiger partial charge on any atom is -0.461 e. The Labute approximate surface area is 136 Å². The lowest BCUT2D eigenvalue weighted by molar-refractivity contribution is -0.139. The molecule has 0 saturated heterocycles. The van der Waals surface area contributed by atoms with E-state index in [-0.39, 0.29) is 19.1 Å². The topological polar surface area (TPSA) is 91.2 Å². The maximum atomic E-state index is 12.3. The van der Waals surface area contributed by atoms with Crippen molar-refractivity contribution in [1.29, 1.82) is 5.26 Å². The Bertz CT molecular complexity index is 679. The van der Waals surface area contributed by atoms with Crippen LogP contribution in [-0.2, 0) is 9.53 Å². The first-order valence-electron chi connectivity index (χ1n) is 6.60. The molecule has 22 heavy (non-hydrogen) atoms. The van der Waals surface area contributed by atoms with Gasteiger partial charge in [0.2, 0.25) is 0 Å². The summed E-state index contributed by atoms with van der Waals surface area (Å²) in [4.78, 5) is 24.0. The predicted molar refractivity (Wildman–Crippen MR) is 82.4 cm³/mol. The average Bonchev–Trinajstić information content (AvgIpc) is 2.46. The summed E-state index contributed by atoms with van der Waals surface area (Å²) in [7, 11) is 0. The maximum Gasteiger partial charge on any atom is 0.338 e. The molecule has 0 radical (unpaired) electrons. The van der Waals surface area contributed by atoms with E-state index in [1.807, 2.05) is 30.3 Å². The summed E-state index contributed by atoms with van der Waals surface area (Å²) in [5, 5.41) is 13.8. The average molecular weight is 364 g/mol. The predicted octanol–water partition coefficient (Wildman–Crippen LogP) is 2.53. The number of carbonyl (C=O) groups is 2. The molecule has 2 rings (SSSR count). The van der Waals surface area contributed by atoms with Gasteiger partial charge in [-0.1, -0.05) is 28.1 Å². The minimum atomic E-state index is -0.596. The van der Waals surface area contributed by atoms with Gasteiger partial charge in [0.1, 0.15) is 6.61 Å². The van der Waals surface area contributed by atoms with Gasteiger partial charge in [0.05, 0.1) is 24.1 Å². The largest absolute Gasteiger partial charge is 0.461 e. The molecule has 6 nitrogen and oxygen atoms in total. The van der Waals surface area contributed by atoms with Gasteiger partial charge in [-0.3, -0.25) is 0 Å². The zero-order valence-electron chi connectivity index (χ0n) is 11.9. The lowest BCUT2D eigenvalue weighted by Crippen LogP contribution is -2.45. The van der Waals surface area contributed by atoms with Crippen LogP contribution >= 0.6 is 15.9 Å². The summed E-state index contributed by atoms with van der Waals surface area (Å²) in [5.74, 6) is -0.551. The smallest absolute Gasteiger partial charge is 0.338 e. The number of halogens is 1. The van der Waals surface area contributed by atoms with Crippen molar-refractivity contribution in [3.05, 3.63) is 45.6 Å². The summed E-state index contributed by atoms with van der Waals surface area (Å²) in [6.07, 6.45) is 0.124. The second kappa shape index (κ2) is 7.09. The Balaban J connectivity index is 2.33. The maximum absolute atomic E-state index is 12.3. The van der Waals surface area contributed by atoms with E-state index in [4.69, 9.17) is 10.00 Å². The van der Waals surface area contributed by atoms with Gasteiger partial charge in [-0.05, 0) is 24.6 Å². The van der Waals surface area contributed by atoms with Crippen LogP contribution in [-0.4, -0.2) is 18.6 Å². The highest BCUT2D eigenvalue weighted by atomic mass is 79.9. The van der Waals surface area contributed by atoms with Crippen LogP contribution in [0.25, 0.3) is 0 Å². The number of benzene rings is 1. The molecule has 1 aliphatic rings. The first-order chi connectivity index (χ1) is 10.5. The van der Waals surface area contributed by atoms with E-state index in [9.17, 15) is 9.59 Å². The second-order valence-corrected chi connectivity index (χ2v) is 5.58. The van der Waals surface area contributed by atoms with Crippen LogP contribution in [0.3, 0.4) is 0 Å². The van der Waals surface area contributed by atoms with Crippen LogP contribution in [0.1, 0.15) is 24.9 Å². The molecule has 0 unspecified atom stereocenters. The summed E-state index contributed by atoms with van der Waals surface area (Å²) in [6, 6.07) is 8.25. The van der Waals surface area contributed by atoms with Crippen molar-refractivity contribution < 1.29 is 14.3 Å². The number of nitrogens with zero attached hydrogens (tertiary/aromatic N) is 1. The zero-order valence-corrected chi connectivity index (χ0v) is 13.4. The Kier molecular flexibility index (Phi) is 5.17. The monoisotopic (exact) mass is 363 g/mol. The fourth-order valence-corrected chi connectivity index (χ4v) is 2.58. The minimum absolute atomic E-state index is 0.0191. The first kappa shape index (κ1) is 16.0. The Morgan fingerprint density at radius 3 is 2.95 bits per heavy atom. The van der Waals surface area contributed by atoms with Crippen LogP contribution in [0.4, 0.5) is 4.79 Å². The van der Waals surface area contributed by atoms with Crippen LogP contribution in [0.5, 0.6) is 0 Å². The normalized spacial score (nSPS) is 17.3. The molecule has 1 aromatic carbocycles. The highest BCUT2D eigenvalue weighted by molar-refractivity contribution is 9.10. The zero-order chi connectivity index (χ0) is 16.1. The standard InChI is InChI=1S/C15H14BrN3O3/c1-9-12(14(20)22-7-3-6-17)13(19-15(21)18-9)10-4-2-5-11(16)8-10/h2,4-5,8,13H,3,7H2,1H3,(H2,18,19,21)/t13-/m1/s1. The van der Waals surface area contributed by atoms with Gasteiger partial charge in [-0.2, -0.15) is 5.26 Å². The number of hydrogen-bond donors (Lipinski definition) is 2. The highest BCUT2D eigenvalue weighted by Gasteiger charge is 2.32. The number of urea groups is 1. The first-order valence-corrected chi connectivity index (χ1v) is 7.40.